The normalized spacial score (nSPS) is 10.3. The predicted molar refractivity (Wildman–Crippen MR) is 87.1 cm³/mol. The van der Waals surface area contributed by atoms with Gasteiger partial charge in [-0.2, -0.15) is 0 Å². The van der Waals surface area contributed by atoms with E-state index in [0.717, 1.165) is 15.6 Å². The van der Waals surface area contributed by atoms with Gasteiger partial charge in [-0.15, -0.1) is 0 Å². The fourth-order valence-electron chi connectivity index (χ4n) is 1.82. The lowest BCUT2D eigenvalue weighted by molar-refractivity contribution is -0.115. The predicted octanol–water partition coefficient (Wildman–Crippen LogP) is 4.17. The molecule has 20 heavy (non-hydrogen) atoms. The molecule has 0 bridgehead atoms. The molecule has 0 atom stereocenters. The minimum Gasteiger partial charge on any atom is -0.398 e. The van der Waals surface area contributed by atoms with Crippen LogP contribution in [0.2, 0.25) is 5.02 Å². The van der Waals surface area contributed by atoms with Crippen LogP contribution in [0.1, 0.15) is 11.1 Å². The fraction of sp³-hybridized carbons (Fsp3) is 0.133. The van der Waals surface area contributed by atoms with Crippen LogP contribution in [0.25, 0.3) is 0 Å². The molecule has 2 rings (SSSR count). The number of carbonyl (C=O) groups is 1. The molecule has 0 aliphatic rings. The molecular formula is C15H14BrClN2O. The van der Waals surface area contributed by atoms with Gasteiger partial charge in [-0.05, 0) is 42.3 Å². The van der Waals surface area contributed by atoms with Gasteiger partial charge < -0.3 is 11.1 Å². The van der Waals surface area contributed by atoms with Crippen LogP contribution >= 0.6 is 27.5 Å². The van der Waals surface area contributed by atoms with Gasteiger partial charge in [-0.25, -0.2) is 0 Å². The van der Waals surface area contributed by atoms with Gasteiger partial charge in [0.2, 0.25) is 5.91 Å². The first-order valence-electron chi connectivity index (χ1n) is 6.05. The van der Waals surface area contributed by atoms with E-state index in [4.69, 9.17) is 17.3 Å². The molecule has 0 aromatic heterocycles. The number of nitrogens with one attached hydrogen (secondary N) is 1. The average molecular weight is 354 g/mol. The van der Waals surface area contributed by atoms with E-state index in [9.17, 15) is 4.79 Å². The molecule has 2 aromatic carbocycles. The van der Waals surface area contributed by atoms with Gasteiger partial charge in [0.25, 0.3) is 0 Å². The number of benzene rings is 2. The van der Waals surface area contributed by atoms with E-state index in [1.165, 1.54) is 0 Å². The quantitative estimate of drug-likeness (QED) is 0.814. The summed E-state index contributed by atoms with van der Waals surface area (Å²) in [6.45, 7) is 1.88. The fourth-order valence-corrected chi connectivity index (χ4v) is 2.25. The summed E-state index contributed by atoms with van der Waals surface area (Å²) in [5, 5.41) is 3.29. The van der Waals surface area contributed by atoms with Crippen LogP contribution < -0.4 is 11.1 Å². The van der Waals surface area contributed by atoms with Crippen molar-refractivity contribution in [3.63, 3.8) is 0 Å². The van der Waals surface area contributed by atoms with Crippen LogP contribution in [-0.4, -0.2) is 5.91 Å². The standard InChI is InChI=1S/C15H14BrClN2O/c1-9-6-13(18)12(17)8-14(9)19-15(20)7-10-2-4-11(16)5-3-10/h2-6,8H,7,18H2,1H3,(H,19,20). The smallest absolute Gasteiger partial charge is 0.228 e. The second-order valence-corrected chi connectivity index (χ2v) is 5.86. The molecule has 0 spiro atoms. The van der Waals surface area contributed by atoms with Gasteiger partial charge in [-0.1, -0.05) is 39.7 Å². The molecule has 0 saturated heterocycles. The molecule has 3 nitrogen and oxygen atoms in total. The minimum atomic E-state index is -0.0868. The molecule has 0 radical (unpaired) electrons. The van der Waals surface area contributed by atoms with Gasteiger partial charge in [0, 0.05) is 10.2 Å². The summed E-state index contributed by atoms with van der Waals surface area (Å²) in [7, 11) is 0. The third-order valence-electron chi connectivity index (χ3n) is 2.90. The number of anilines is 2. The Labute approximate surface area is 131 Å². The Bertz CT molecular complexity index is 641. The number of hydrogen-bond acceptors (Lipinski definition) is 2. The highest BCUT2D eigenvalue weighted by molar-refractivity contribution is 9.10. The first-order chi connectivity index (χ1) is 9.45. The Morgan fingerprint density at radius 3 is 2.60 bits per heavy atom. The molecule has 0 aliphatic heterocycles. The van der Waals surface area contributed by atoms with E-state index in [1.54, 1.807) is 12.1 Å². The van der Waals surface area contributed by atoms with Crippen molar-refractivity contribution in [3.05, 3.63) is 57.0 Å². The molecule has 0 fully saturated rings. The molecule has 5 heteroatoms. The summed E-state index contributed by atoms with van der Waals surface area (Å²) in [4.78, 5) is 12.0. The number of rotatable bonds is 3. The average Bonchev–Trinajstić information content (AvgIpc) is 2.39. The highest BCUT2D eigenvalue weighted by Gasteiger charge is 2.08. The monoisotopic (exact) mass is 352 g/mol. The lowest BCUT2D eigenvalue weighted by atomic mass is 10.1. The Kier molecular flexibility index (Phi) is 4.68. The number of amides is 1. The van der Waals surface area contributed by atoms with Crippen molar-refractivity contribution >= 4 is 44.8 Å². The Morgan fingerprint density at radius 1 is 1.30 bits per heavy atom. The van der Waals surface area contributed by atoms with Crippen molar-refractivity contribution < 1.29 is 4.79 Å². The van der Waals surface area contributed by atoms with Gasteiger partial charge in [-0.3, -0.25) is 4.79 Å². The van der Waals surface area contributed by atoms with E-state index < -0.39 is 0 Å². The molecule has 1 amide bonds. The summed E-state index contributed by atoms with van der Waals surface area (Å²) in [5.74, 6) is -0.0868. The summed E-state index contributed by atoms with van der Waals surface area (Å²) < 4.78 is 0.989. The molecule has 0 heterocycles. The first kappa shape index (κ1) is 14.9. The largest absolute Gasteiger partial charge is 0.398 e. The summed E-state index contributed by atoms with van der Waals surface area (Å²) in [6.07, 6.45) is 0.314. The Hall–Kier alpha value is -1.52. The van der Waals surface area contributed by atoms with Crippen molar-refractivity contribution in [2.75, 3.05) is 11.1 Å². The second kappa shape index (κ2) is 6.29. The number of carbonyl (C=O) groups excluding carboxylic acids is 1. The topological polar surface area (TPSA) is 55.1 Å². The zero-order valence-corrected chi connectivity index (χ0v) is 13.3. The molecule has 104 valence electrons. The number of hydrogen-bond donors (Lipinski definition) is 2. The zero-order chi connectivity index (χ0) is 14.7. The minimum absolute atomic E-state index is 0.0868. The maximum atomic E-state index is 12.0. The van der Waals surface area contributed by atoms with Crippen molar-refractivity contribution in [1.29, 1.82) is 0 Å². The van der Waals surface area contributed by atoms with Crippen molar-refractivity contribution in [2.45, 2.75) is 13.3 Å². The van der Waals surface area contributed by atoms with E-state index in [1.807, 2.05) is 31.2 Å². The van der Waals surface area contributed by atoms with Gasteiger partial charge in [0.1, 0.15) is 0 Å². The highest BCUT2D eigenvalue weighted by Crippen LogP contribution is 2.26. The third kappa shape index (κ3) is 3.74. The number of nitrogens with two attached hydrogens (primary N) is 1. The van der Waals surface area contributed by atoms with Crippen LogP contribution in [0.3, 0.4) is 0 Å². The Morgan fingerprint density at radius 2 is 1.95 bits per heavy atom. The summed E-state index contributed by atoms with van der Waals surface area (Å²) >= 11 is 9.33. The second-order valence-electron chi connectivity index (χ2n) is 4.54. The van der Waals surface area contributed by atoms with Gasteiger partial charge in [0.15, 0.2) is 0 Å². The maximum absolute atomic E-state index is 12.0. The Balaban J connectivity index is 2.08. The third-order valence-corrected chi connectivity index (χ3v) is 3.75. The molecule has 2 aromatic rings. The van der Waals surface area contributed by atoms with Crippen molar-refractivity contribution in [2.24, 2.45) is 0 Å². The SMILES string of the molecule is Cc1cc(N)c(Cl)cc1NC(=O)Cc1ccc(Br)cc1. The van der Waals surface area contributed by atoms with E-state index in [-0.39, 0.29) is 5.91 Å². The summed E-state index contributed by atoms with van der Waals surface area (Å²) in [5.41, 5.74) is 8.74. The first-order valence-corrected chi connectivity index (χ1v) is 7.22. The number of nitrogen functional groups attached to an aromatic ring is 1. The molecule has 3 N–H and O–H groups in total. The number of halogens is 2. The van der Waals surface area contributed by atoms with Crippen LogP contribution in [-0.2, 0) is 11.2 Å². The lowest BCUT2D eigenvalue weighted by Crippen LogP contribution is -2.15. The van der Waals surface area contributed by atoms with E-state index in [0.29, 0.717) is 22.8 Å². The highest BCUT2D eigenvalue weighted by atomic mass is 79.9. The van der Waals surface area contributed by atoms with Crippen molar-refractivity contribution in [1.82, 2.24) is 0 Å². The molecular weight excluding hydrogens is 340 g/mol. The van der Waals surface area contributed by atoms with Crippen molar-refractivity contribution in [3.8, 4) is 0 Å². The number of aryl methyl sites for hydroxylation is 1. The lowest BCUT2D eigenvalue weighted by Gasteiger charge is -2.10. The van der Waals surface area contributed by atoms with Gasteiger partial charge in [0.05, 0.1) is 17.1 Å². The van der Waals surface area contributed by atoms with Gasteiger partial charge >= 0.3 is 0 Å². The maximum Gasteiger partial charge on any atom is 0.228 e. The van der Waals surface area contributed by atoms with Crippen LogP contribution in [0.4, 0.5) is 11.4 Å². The zero-order valence-electron chi connectivity index (χ0n) is 10.9. The summed E-state index contributed by atoms with van der Waals surface area (Å²) in [6, 6.07) is 11.1. The van der Waals surface area contributed by atoms with E-state index in [2.05, 4.69) is 21.2 Å². The molecule has 0 saturated carbocycles. The van der Waals surface area contributed by atoms with E-state index >= 15 is 0 Å². The van der Waals surface area contributed by atoms with Crippen LogP contribution in [0, 0.1) is 6.92 Å². The van der Waals surface area contributed by atoms with Crippen LogP contribution in [0.5, 0.6) is 0 Å². The van der Waals surface area contributed by atoms with Crippen LogP contribution in [0.15, 0.2) is 40.9 Å². The molecule has 0 unspecified atom stereocenters. The molecule has 0 aliphatic carbocycles.